The van der Waals surface area contributed by atoms with Crippen LogP contribution in [-0.4, -0.2) is 36.2 Å². The van der Waals surface area contributed by atoms with Crippen LogP contribution in [0.1, 0.15) is 12.8 Å². The van der Waals surface area contributed by atoms with E-state index < -0.39 is 5.97 Å². The smallest absolute Gasteiger partial charge is 0.328 e. The highest BCUT2D eigenvalue weighted by Crippen LogP contribution is 2.05. The van der Waals surface area contributed by atoms with Crippen molar-refractivity contribution in [1.82, 2.24) is 5.32 Å². The SMILES string of the molecule is O=C(O)/C=C/C(=O)NC1CCCOC1. The molecule has 2 N–H and O–H groups in total. The van der Waals surface area contributed by atoms with E-state index >= 15 is 0 Å². The molecular weight excluding hydrogens is 186 g/mol. The van der Waals surface area contributed by atoms with Crippen molar-refractivity contribution in [2.75, 3.05) is 13.2 Å². The third-order valence-corrected chi connectivity index (χ3v) is 1.88. The van der Waals surface area contributed by atoms with E-state index in [0.717, 1.165) is 31.6 Å². The lowest BCUT2D eigenvalue weighted by molar-refractivity contribution is -0.131. The summed E-state index contributed by atoms with van der Waals surface area (Å²) in [5, 5.41) is 10.9. The van der Waals surface area contributed by atoms with Gasteiger partial charge in [-0.2, -0.15) is 0 Å². The molecule has 0 aromatic heterocycles. The molecule has 1 fully saturated rings. The van der Waals surface area contributed by atoms with Gasteiger partial charge in [0.25, 0.3) is 0 Å². The highest BCUT2D eigenvalue weighted by atomic mass is 16.5. The van der Waals surface area contributed by atoms with Crippen molar-refractivity contribution in [1.29, 1.82) is 0 Å². The Morgan fingerprint density at radius 1 is 1.43 bits per heavy atom. The average molecular weight is 199 g/mol. The zero-order valence-corrected chi connectivity index (χ0v) is 7.73. The Morgan fingerprint density at radius 3 is 2.79 bits per heavy atom. The summed E-state index contributed by atoms with van der Waals surface area (Å²) in [5.74, 6) is -1.51. The molecule has 0 radical (unpaired) electrons. The summed E-state index contributed by atoms with van der Waals surface area (Å²) in [4.78, 5) is 21.2. The predicted octanol–water partition coefficient (Wildman–Crippen LogP) is -0.0776. The lowest BCUT2D eigenvalue weighted by Crippen LogP contribution is -2.39. The van der Waals surface area contributed by atoms with Crippen LogP contribution in [0.4, 0.5) is 0 Å². The number of aliphatic carboxylic acids is 1. The maximum absolute atomic E-state index is 11.1. The summed E-state index contributed by atoms with van der Waals surface area (Å²) < 4.78 is 5.15. The maximum Gasteiger partial charge on any atom is 0.328 e. The van der Waals surface area contributed by atoms with Crippen molar-refractivity contribution in [2.24, 2.45) is 0 Å². The fourth-order valence-electron chi connectivity index (χ4n) is 1.25. The second-order valence-corrected chi connectivity index (χ2v) is 3.09. The second-order valence-electron chi connectivity index (χ2n) is 3.09. The topological polar surface area (TPSA) is 75.6 Å². The van der Waals surface area contributed by atoms with Crippen LogP contribution in [0.2, 0.25) is 0 Å². The Balaban J connectivity index is 2.28. The van der Waals surface area contributed by atoms with Crippen molar-refractivity contribution >= 4 is 11.9 Å². The minimum atomic E-state index is -1.12. The van der Waals surface area contributed by atoms with Gasteiger partial charge < -0.3 is 15.2 Å². The molecule has 1 rings (SSSR count). The molecule has 78 valence electrons. The second kappa shape index (κ2) is 5.39. The summed E-state index contributed by atoms with van der Waals surface area (Å²) in [7, 11) is 0. The van der Waals surface area contributed by atoms with Crippen LogP contribution < -0.4 is 5.32 Å². The van der Waals surface area contributed by atoms with E-state index in [-0.39, 0.29) is 11.9 Å². The summed E-state index contributed by atoms with van der Waals surface area (Å²) in [5.41, 5.74) is 0. The molecule has 0 bridgehead atoms. The number of ether oxygens (including phenoxy) is 1. The number of carbonyl (C=O) groups excluding carboxylic acids is 1. The van der Waals surface area contributed by atoms with Crippen LogP contribution in [0.5, 0.6) is 0 Å². The number of carboxylic acid groups (broad SMARTS) is 1. The highest BCUT2D eigenvalue weighted by molar-refractivity contribution is 5.93. The molecule has 0 aromatic rings. The lowest BCUT2D eigenvalue weighted by atomic mass is 10.1. The number of carboxylic acids is 1. The summed E-state index contributed by atoms with van der Waals surface area (Å²) in [6.45, 7) is 1.24. The quantitative estimate of drug-likeness (QED) is 0.623. The Labute approximate surface area is 81.7 Å². The normalized spacial score (nSPS) is 22.1. The molecule has 14 heavy (non-hydrogen) atoms. The Bertz CT molecular complexity index is 243. The van der Waals surface area contributed by atoms with Gasteiger partial charge in [-0.1, -0.05) is 0 Å². The molecule has 1 aliphatic heterocycles. The van der Waals surface area contributed by atoms with Gasteiger partial charge in [-0.05, 0) is 12.8 Å². The van der Waals surface area contributed by atoms with Crippen LogP contribution in [0.15, 0.2) is 12.2 Å². The highest BCUT2D eigenvalue weighted by Gasteiger charge is 2.14. The summed E-state index contributed by atoms with van der Waals surface area (Å²) in [6.07, 6.45) is 3.64. The lowest BCUT2D eigenvalue weighted by Gasteiger charge is -2.22. The van der Waals surface area contributed by atoms with E-state index in [0.29, 0.717) is 6.61 Å². The first-order valence-corrected chi connectivity index (χ1v) is 4.48. The van der Waals surface area contributed by atoms with Gasteiger partial charge in [-0.15, -0.1) is 0 Å². The molecule has 1 atom stereocenters. The van der Waals surface area contributed by atoms with Crippen LogP contribution in [-0.2, 0) is 14.3 Å². The van der Waals surface area contributed by atoms with Crippen LogP contribution in [0.25, 0.3) is 0 Å². The van der Waals surface area contributed by atoms with Gasteiger partial charge in [0, 0.05) is 18.8 Å². The van der Waals surface area contributed by atoms with E-state index in [1.165, 1.54) is 0 Å². The fourth-order valence-corrected chi connectivity index (χ4v) is 1.25. The molecule has 5 nitrogen and oxygen atoms in total. The molecule has 1 aliphatic rings. The third kappa shape index (κ3) is 4.04. The molecule has 0 aromatic carbocycles. The zero-order chi connectivity index (χ0) is 10.4. The van der Waals surface area contributed by atoms with Crippen molar-refractivity contribution in [3.05, 3.63) is 12.2 Å². The average Bonchev–Trinajstić information content (AvgIpc) is 2.16. The minimum Gasteiger partial charge on any atom is -0.478 e. The minimum absolute atomic E-state index is 0.00898. The van der Waals surface area contributed by atoms with Gasteiger partial charge >= 0.3 is 5.97 Å². The Hall–Kier alpha value is -1.36. The first kappa shape index (κ1) is 10.7. The van der Waals surface area contributed by atoms with Crippen molar-refractivity contribution in [2.45, 2.75) is 18.9 Å². The first-order chi connectivity index (χ1) is 6.68. The van der Waals surface area contributed by atoms with Gasteiger partial charge in [0.1, 0.15) is 0 Å². The number of rotatable bonds is 3. The zero-order valence-electron chi connectivity index (χ0n) is 7.73. The number of carbonyl (C=O) groups is 2. The van der Waals surface area contributed by atoms with Gasteiger partial charge in [0.05, 0.1) is 12.6 Å². The van der Waals surface area contributed by atoms with E-state index in [2.05, 4.69) is 5.32 Å². The van der Waals surface area contributed by atoms with Gasteiger partial charge in [-0.3, -0.25) is 4.79 Å². The number of hydrogen-bond donors (Lipinski definition) is 2. The summed E-state index contributed by atoms with van der Waals surface area (Å²) in [6, 6.07) is 0.00898. The molecule has 1 unspecified atom stereocenters. The van der Waals surface area contributed by atoms with Gasteiger partial charge in [-0.25, -0.2) is 4.79 Å². The van der Waals surface area contributed by atoms with Gasteiger partial charge in [0.2, 0.25) is 5.91 Å². The fraction of sp³-hybridized carbons (Fsp3) is 0.556. The monoisotopic (exact) mass is 199 g/mol. The van der Waals surface area contributed by atoms with E-state index in [4.69, 9.17) is 9.84 Å². The molecular formula is C9H13NO4. The van der Waals surface area contributed by atoms with E-state index in [1.807, 2.05) is 0 Å². The molecule has 0 saturated carbocycles. The van der Waals surface area contributed by atoms with Crippen LogP contribution in [0, 0.1) is 0 Å². The summed E-state index contributed by atoms with van der Waals surface area (Å²) >= 11 is 0. The number of hydrogen-bond acceptors (Lipinski definition) is 3. The largest absolute Gasteiger partial charge is 0.478 e. The van der Waals surface area contributed by atoms with Crippen molar-refractivity contribution < 1.29 is 19.4 Å². The van der Waals surface area contributed by atoms with Crippen molar-refractivity contribution in [3.8, 4) is 0 Å². The molecule has 1 amide bonds. The van der Waals surface area contributed by atoms with Crippen LogP contribution in [0.3, 0.4) is 0 Å². The van der Waals surface area contributed by atoms with Crippen molar-refractivity contribution in [3.63, 3.8) is 0 Å². The molecule has 1 heterocycles. The first-order valence-electron chi connectivity index (χ1n) is 4.48. The van der Waals surface area contributed by atoms with E-state index in [1.54, 1.807) is 0 Å². The van der Waals surface area contributed by atoms with Gasteiger partial charge in [0.15, 0.2) is 0 Å². The molecule has 5 heteroatoms. The van der Waals surface area contributed by atoms with E-state index in [9.17, 15) is 9.59 Å². The Kier molecular flexibility index (Phi) is 4.12. The standard InChI is InChI=1S/C9H13NO4/c11-8(3-4-9(12)13)10-7-2-1-5-14-6-7/h3-4,7H,1-2,5-6H2,(H,10,11)(H,12,13)/b4-3+. The number of nitrogens with one attached hydrogen (secondary N) is 1. The molecule has 0 aliphatic carbocycles. The number of amides is 1. The third-order valence-electron chi connectivity index (χ3n) is 1.88. The predicted molar refractivity (Wildman–Crippen MR) is 48.8 cm³/mol. The maximum atomic E-state index is 11.1. The van der Waals surface area contributed by atoms with Crippen LogP contribution >= 0.6 is 0 Å². The molecule has 0 spiro atoms. The Morgan fingerprint density at radius 2 is 2.21 bits per heavy atom. The molecule has 1 saturated heterocycles.